The highest BCUT2D eigenvalue weighted by atomic mass is 32.2. The number of nitrogens with zero attached hydrogens (tertiary/aromatic N) is 4. The molecule has 2 fully saturated rings. The Morgan fingerprint density at radius 2 is 1.86 bits per heavy atom. The Balaban J connectivity index is 1.47. The van der Waals surface area contributed by atoms with Crippen LogP contribution in [0.2, 0.25) is 0 Å². The van der Waals surface area contributed by atoms with Crippen molar-refractivity contribution >= 4 is 36.7 Å². The number of benzene rings is 1. The van der Waals surface area contributed by atoms with Gasteiger partial charge in [0.2, 0.25) is 24.9 Å². The molecular weight excluding hydrogens is 500 g/mol. The molecule has 0 spiro atoms. The molecule has 2 N–H and O–H groups in total. The molecule has 1 aromatic carbocycles. The van der Waals surface area contributed by atoms with Crippen LogP contribution in [-0.2, 0) is 19.9 Å². The van der Waals surface area contributed by atoms with Gasteiger partial charge in [-0.2, -0.15) is 0 Å². The maximum Gasteiger partial charge on any atom is 0.228 e. The van der Waals surface area contributed by atoms with E-state index in [1.165, 1.54) is 0 Å². The number of nitrogens with one attached hydrogen (secondary N) is 2. The Morgan fingerprint density at radius 3 is 2.58 bits per heavy atom. The molecule has 0 bridgehead atoms. The number of aryl methyl sites for hydroxylation is 1. The lowest BCUT2D eigenvalue weighted by molar-refractivity contribution is 0.449. The first-order valence-corrected chi connectivity index (χ1v) is 15.3. The standard InChI is InChI=1S/C24H28N6O4S2/c1-3-15-12-16(29-36(33,34)17-8-9-17)13-18(15)22-27-28-23-24(26-21-19(30(22)23)10-11-25-21)35(31,32)20-7-5-4-6-14(20)2/h4-7,10-11,15-18,25,29H,3,8-9,12-13H2,1-2H3/t15-,16+,18+/m1/s1. The van der Waals surface area contributed by atoms with Gasteiger partial charge < -0.3 is 4.98 Å². The Labute approximate surface area is 209 Å². The lowest BCUT2D eigenvalue weighted by Crippen LogP contribution is -2.35. The molecule has 0 aliphatic heterocycles. The monoisotopic (exact) mass is 528 g/mol. The molecule has 3 heterocycles. The van der Waals surface area contributed by atoms with Crippen LogP contribution in [0.25, 0.3) is 16.8 Å². The summed E-state index contributed by atoms with van der Waals surface area (Å²) in [4.78, 5) is 7.68. The minimum Gasteiger partial charge on any atom is -0.345 e. The van der Waals surface area contributed by atoms with Crippen LogP contribution < -0.4 is 4.72 Å². The highest BCUT2D eigenvalue weighted by Gasteiger charge is 2.43. The fourth-order valence-electron chi connectivity index (χ4n) is 5.52. The van der Waals surface area contributed by atoms with Crippen molar-refractivity contribution in [1.29, 1.82) is 0 Å². The van der Waals surface area contributed by atoms with Gasteiger partial charge in [0.05, 0.1) is 15.7 Å². The molecule has 36 heavy (non-hydrogen) atoms. The average Bonchev–Trinajstić information content (AvgIpc) is 3.27. The third kappa shape index (κ3) is 3.73. The summed E-state index contributed by atoms with van der Waals surface area (Å²) < 4.78 is 57.3. The average molecular weight is 529 g/mol. The van der Waals surface area contributed by atoms with Gasteiger partial charge in [-0.25, -0.2) is 26.5 Å². The molecule has 12 heteroatoms. The van der Waals surface area contributed by atoms with Gasteiger partial charge in [0.15, 0.2) is 11.3 Å². The highest BCUT2D eigenvalue weighted by Crippen LogP contribution is 2.43. The second-order valence-corrected chi connectivity index (χ2v) is 13.7. The van der Waals surface area contributed by atoms with E-state index in [1.807, 2.05) is 6.07 Å². The van der Waals surface area contributed by atoms with Crippen molar-refractivity contribution in [2.45, 2.75) is 73.1 Å². The molecule has 0 saturated heterocycles. The van der Waals surface area contributed by atoms with E-state index in [1.54, 1.807) is 41.8 Å². The number of hydrogen-bond donors (Lipinski definition) is 2. The van der Waals surface area contributed by atoms with E-state index in [0.29, 0.717) is 48.2 Å². The highest BCUT2D eigenvalue weighted by molar-refractivity contribution is 7.91. The zero-order valence-electron chi connectivity index (χ0n) is 20.0. The summed E-state index contributed by atoms with van der Waals surface area (Å²) in [6, 6.07) is 8.44. The molecule has 0 amide bonds. The van der Waals surface area contributed by atoms with Gasteiger partial charge >= 0.3 is 0 Å². The van der Waals surface area contributed by atoms with Crippen LogP contribution in [-0.4, -0.2) is 52.7 Å². The van der Waals surface area contributed by atoms with Crippen molar-refractivity contribution in [3.63, 3.8) is 0 Å². The van der Waals surface area contributed by atoms with E-state index in [-0.39, 0.29) is 38.7 Å². The molecule has 10 nitrogen and oxygen atoms in total. The van der Waals surface area contributed by atoms with E-state index >= 15 is 0 Å². The summed E-state index contributed by atoms with van der Waals surface area (Å²) in [5, 5.41) is 8.41. The van der Waals surface area contributed by atoms with E-state index in [9.17, 15) is 16.8 Å². The van der Waals surface area contributed by atoms with Crippen LogP contribution in [0, 0.1) is 12.8 Å². The van der Waals surface area contributed by atoms with Crippen molar-refractivity contribution in [2.24, 2.45) is 5.92 Å². The number of sulfonamides is 1. The Hall–Kier alpha value is -2.83. The molecule has 4 aromatic rings. The van der Waals surface area contributed by atoms with Crippen molar-refractivity contribution in [3.05, 3.63) is 47.9 Å². The zero-order valence-corrected chi connectivity index (χ0v) is 21.7. The Morgan fingerprint density at radius 1 is 1.08 bits per heavy atom. The molecule has 2 saturated carbocycles. The van der Waals surface area contributed by atoms with E-state index in [0.717, 1.165) is 6.42 Å². The number of aromatic amines is 1. The van der Waals surface area contributed by atoms with Crippen LogP contribution in [0.4, 0.5) is 0 Å². The summed E-state index contributed by atoms with van der Waals surface area (Å²) >= 11 is 0. The molecule has 0 radical (unpaired) electrons. The maximum absolute atomic E-state index is 13.7. The minimum atomic E-state index is -3.98. The topological polar surface area (TPSA) is 139 Å². The number of fused-ring (bicyclic) bond motifs is 3. The van der Waals surface area contributed by atoms with Gasteiger partial charge in [0.1, 0.15) is 5.82 Å². The minimum absolute atomic E-state index is 0.0774. The zero-order chi connectivity index (χ0) is 25.2. The van der Waals surface area contributed by atoms with Crippen molar-refractivity contribution in [3.8, 4) is 0 Å². The second-order valence-electron chi connectivity index (χ2n) is 9.92. The van der Waals surface area contributed by atoms with Crippen LogP contribution in [0.5, 0.6) is 0 Å². The molecule has 3 atom stereocenters. The molecule has 2 aliphatic carbocycles. The van der Waals surface area contributed by atoms with Gasteiger partial charge in [-0.3, -0.25) is 4.40 Å². The molecule has 0 unspecified atom stereocenters. The Bertz CT molecular complexity index is 1690. The normalized spacial score (nSPS) is 23.1. The number of hydrogen-bond acceptors (Lipinski definition) is 7. The van der Waals surface area contributed by atoms with Gasteiger partial charge in [-0.15, -0.1) is 10.2 Å². The number of sulfone groups is 1. The van der Waals surface area contributed by atoms with Gasteiger partial charge in [-0.05, 0) is 56.2 Å². The summed E-state index contributed by atoms with van der Waals surface area (Å²) in [6.07, 6.45) is 5.28. The third-order valence-electron chi connectivity index (χ3n) is 7.52. The largest absolute Gasteiger partial charge is 0.345 e. The van der Waals surface area contributed by atoms with E-state index < -0.39 is 19.9 Å². The summed E-state index contributed by atoms with van der Waals surface area (Å²) in [5.41, 5.74) is 1.91. The first kappa shape index (κ1) is 23.6. The van der Waals surface area contributed by atoms with Gasteiger partial charge in [0, 0.05) is 18.2 Å². The summed E-state index contributed by atoms with van der Waals surface area (Å²) in [7, 11) is -7.29. The lowest BCUT2D eigenvalue weighted by atomic mass is 9.93. The third-order valence-corrected chi connectivity index (χ3v) is 11.4. The maximum atomic E-state index is 13.7. The van der Waals surface area contributed by atoms with Crippen molar-refractivity contribution < 1.29 is 16.8 Å². The van der Waals surface area contributed by atoms with E-state index in [4.69, 9.17) is 0 Å². The van der Waals surface area contributed by atoms with Crippen LogP contribution in [0.15, 0.2) is 46.5 Å². The first-order valence-electron chi connectivity index (χ1n) is 12.2. The fraction of sp³-hybridized carbons (Fsp3) is 0.458. The summed E-state index contributed by atoms with van der Waals surface area (Å²) in [6.45, 7) is 3.83. The number of aromatic nitrogens is 5. The SMILES string of the molecule is CC[C@@H]1C[C@H](NS(=O)(=O)C2CC2)C[C@@H]1c1nnc2c(S(=O)(=O)c3ccccc3C)nc3[nH]ccc3n12. The molecule has 2 aliphatic rings. The van der Waals surface area contributed by atoms with Crippen molar-refractivity contribution in [2.75, 3.05) is 0 Å². The van der Waals surface area contributed by atoms with Crippen LogP contribution in [0.1, 0.15) is 56.3 Å². The molecule has 3 aromatic heterocycles. The fourth-order valence-corrected chi connectivity index (χ4v) is 8.67. The number of H-pyrrole nitrogens is 1. The smallest absolute Gasteiger partial charge is 0.228 e. The molecule has 6 rings (SSSR count). The van der Waals surface area contributed by atoms with Gasteiger partial charge in [0.25, 0.3) is 0 Å². The van der Waals surface area contributed by atoms with E-state index in [2.05, 4.69) is 31.8 Å². The van der Waals surface area contributed by atoms with Crippen LogP contribution >= 0.6 is 0 Å². The predicted molar refractivity (Wildman–Crippen MR) is 134 cm³/mol. The Kier molecular flexibility index (Phi) is 5.47. The molecule has 190 valence electrons. The molecular formula is C24H28N6O4S2. The quantitative estimate of drug-likeness (QED) is 0.376. The van der Waals surface area contributed by atoms with Crippen molar-refractivity contribution in [1.82, 2.24) is 29.3 Å². The van der Waals surface area contributed by atoms with Gasteiger partial charge in [-0.1, -0.05) is 31.5 Å². The lowest BCUT2D eigenvalue weighted by Gasteiger charge is -2.16. The predicted octanol–water partition coefficient (Wildman–Crippen LogP) is 3.10. The number of rotatable bonds is 7. The second kappa shape index (κ2) is 8.35. The first-order chi connectivity index (χ1) is 17.2. The van der Waals surface area contributed by atoms with Crippen LogP contribution in [0.3, 0.4) is 0 Å². The summed E-state index contributed by atoms with van der Waals surface area (Å²) in [5.74, 6) is 0.743.